The minimum atomic E-state index is -0.541. The van der Waals surface area contributed by atoms with Crippen molar-refractivity contribution in [3.8, 4) is 6.19 Å². The van der Waals surface area contributed by atoms with Crippen LogP contribution < -0.4 is 5.32 Å². The fourth-order valence-electron chi connectivity index (χ4n) is 2.13. The van der Waals surface area contributed by atoms with Gasteiger partial charge >= 0.3 is 0 Å². The average Bonchev–Trinajstić information content (AvgIpc) is 2.16. The Labute approximate surface area is 99.0 Å². The van der Waals surface area contributed by atoms with Crippen LogP contribution in [0.25, 0.3) is 0 Å². The molecular weight excluding hydrogens is 224 g/mol. The second-order valence-corrected chi connectivity index (χ2v) is 4.45. The predicted octanol–water partition coefficient (Wildman–Crippen LogP) is 2.36. The van der Waals surface area contributed by atoms with E-state index in [-0.39, 0.29) is 5.91 Å². The molecule has 1 aromatic rings. The minimum Gasteiger partial charge on any atom is -0.273 e. The van der Waals surface area contributed by atoms with E-state index in [0.717, 1.165) is 24.8 Å². The number of amides is 1. The number of carbonyl (C=O) groups excluding carboxylic acids is 1. The number of hydrogen-bond acceptors (Lipinski definition) is 2. The summed E-state index contributed by atoms with van der Waals surface area (Å²) in [7, 11) is 0. The molecule has 1 aromatic carbocycles. The molecule has 0 aliphatic heterocycles. The van der Waals surface area contributed by atoms with Crippen LogP contribution in [0.4, 0.5) is 0 Å². The third kappa shape index (κ3) is 1.66. The molecule has 0 aromatic heterocycles. The fraction of sp³-hybridized carbons (Fsp3) is 0.333. The zero-order chi connectivity index (χ0) is 11.6. The molecule has 0 spiro atoms. The number of nitriles is 1. The Morgan fingerprint density at radius 1 is 1.50 bits per heavy atom. The lowest BCUT2D eigenvalue weighted by molar-refractivity contribution is -0.128. The number of hydrogen-bond donors (Lipinski definition) is 1. The molecule has 1 N–H and O–H groups in total. The van der Waals surface area contributed by atoms with Crippen molar-refractivity contribution in [2.75, 3.05) is 0 Å². The standard InChI is InChI=1S/C12H11ClN2O/c13-10-4-1-3-9(7-10)12(5-2-6-12)11(16)15-8-14/h1,3-4,7H,2,5-6H2,(H,15,16). The van der Waals surface area contributed by atoms with Crippen molar-refractivity contribution in [2.45, 2.75) is 24.7 Å². The Bertz CT molecular complexity index is 460. The molecular formula is C12H11ClN2O. The molecule has 1 aliphatic rings. The topological polar surface area (TPSA) is 52.9 Å². The summed E-state index contributed by atoms with van der Waals surface area (Å²) >= 11 is 5.92. The van der Waals surface area contributed by atoms with Gasteiger partial charge in [-0.1, -0.05) is 30.2 Å². The SMILES string of the molecule is N#CNC(=O)C1(c2cccc(Cl)c2)CCC1. The van der Waals surface area contributed by atoms with Crippen LogP contribution in [0.3, 0.4) is 0 Å². The minimum absolute atomic E-state index is 0.219. The Morgan fingerprint density at radius 3 is 2.75 bits per heavy atom. The van der Waals surface area contributed by atoms with E-state index < -0.39 is 5.41 Å². The smallest absolute Gasteiger partial charge is 0.243 e. The molecule has 0 atom stereocenters. The van der Waals surface area contributed by atoms with E-state index in [2.05, 4.69) is 5.32 Å². The lowest BCUT2D eigenvalue weighted by Crippen LogP contribution is -2.47. The summed E-state index contributed by atoms with van der Waals surface area (Å²) in [5.74, 6) is -0.219. The first kappa shape index (κ1) is 11.0. The summed E-state index contributed by atoms with van der Waals surface area (Å²) in [5, 5.41) is 11.4. The summed E-state index contributed by atoms with van der Waals surface area (Å²) in [6.07, 6.45) is 4.26. The number of halogens is 1. The molecule has 0 radical (unpaired) electrons. The van der Waals surface area contributed by atoms with Gasteiger partial charge in [-0.05, 0) is 30.5 Å². The van der Waals surface area contributed by atoms with Gasteiger partial charge in [0.25, 0.3) is 0 Å². The van der Waals surface area contributed by atoms with Gasteiger partial charge in [-0.3, -0.25) is 10.1 Å². The van der Waals surface area contributed by atoms with Crippen molar-refractivity contribution in [1.82, 2.24) is 5.32 Å². The molecule has 16 heavy (non-hydrogen) atoms. The van der Waals surface area contributed by atoms with Gasteiger partial charge in [0.1, 0.15) is 0 Å². The predicted molar refractivity (Wildman–Crippen MR) is 60.7 cm³/mol. The van der Waals surface area contributed by atoms with Crippen molar-refractivity contribution in [2.24, 2.45) is 0 Å². The number of rotatable bonds is 2. The van der Waals surface area contributed by atoms with Crippen LogP contribution in [0, 0.1) is 11.5 Å². The third-order valence-corrected chi connectivity index (χ3v) is 3.42. The van der Waals surface area contributed by atoms with Crippen LogP contribution in [0.5, 0.6) is 0 Å². The second kappa shape index (κ2) is 4.15. The number of carbonyl (C=O) groups is 1. The van der Waals surface area contributed by atoms with Gasteiger partial charge in [0, 0.05) is 5.02 Å². The summed E-state index contributed by atoms with van der Waals surface area (Å²) in [4.78, 5) is 11.9. The van der Waals surface area contributed by atoms with Gasteiger partial charge in [-0.25, -0.2) is 0 Å². The van der Waals surface area contributed by atoms with Crippen molar-refractivity contribution >= 4 is 17.5 Å². The average molecular weight is 235 g/mol. The summed E-state index contributed by atoms with van der Waals surface area (Å²) < 4.78 is 0. The molecule has 0 heterocycles. The molecule has 0 bridgehead atoms. The lowest BCUT2D eigenvalue weighted by atomic mass is 9.64. The molecule has 1 saturated carbocycles. The molecule has 1 fully saturated rings. The van der Waals surface area contributed by atoms with E-state index in [1.807, 2.05) is 12.1 Å². The highest BCUT2D eigenvalue weighted by atomic mass is 35.5. The summed E-state index contributed by atoms with van der Waals surface area (Å²) in [6, 6.07) is 7.30. The molecule has 1 aliphatic carbocycles. The Hall–Kier alpha value is -1.53. The van der Waals surface area contributed by atoms with Gasteiger partial charge in [0.05, 0.1) is 5.41 Å². The van der Waals surface area contributed by atoms with Crippen molar-refractivity contribution in [3.05, 3.63) is 34.9 Å². The van der Waals surface area contributed by atoms with Gasteiger partial charge in [-0.2, -0.15) is 5.26 Å². The molecule has 3 nitrogen and oxygen atoms in total. The van der Waals surface area contributed by atoms with Crippen LogP contribution in [0.1, 0.15) is 24.8 Å². The highest BCUT2D eigenvalue weighted by molar-refractivity contribution is 6.30. The van der Waals surface area contributed by atoms with E-state index in [1.54, 1.807) is 18.3 Å². The maximum atomic E-state index is 11.9. The largest absolute Gasteiger partial charge is 0.273 e. The Morgan fingerprint density at radius 2 is 2.25 bits per heavy atom. The van der Waals surface area contributed by atoms with E-state index >= 15 is 0 Å². The van der Waals surface area contributed by atoms with Crippen molar-refractivity contribution in [3.63, 3.8) is 0 Å². The van der Waals surface area contributed by atoms with Crippen molar-refractivity contribution < 1.29 is 4.79 Å². The quantitative estimate of drug-likeness (QED) is 0.631. The van der Waals surface area contributed by atoms with Gasteiger partial charge in [-0.15, -0.1) is 0 Å². The highest BCUT2D eigenvalue weighted by Crippen LogP contribution is 2.44. The number of benzene rings is 1. The van der Waals surface area contributed by atoms with E-state index in [4.69, 9.17) is 16.9 Å². The molecule has 4 heteroatoms. The summed E-state index contributed by atoms with van der Waals surface area (Å²) in [6.45, 7) is 0. The fourth-order valence-corrected chi connectivity index (χ4v) is 2.32. The van der Waals surface area contributed by atoms with Crippen LogP contribution in [-0.4, -0.2) is 5.91 Å². The normalized spacial score (nSPS) is 17.0. The van der Waals surface area contributed by atoms with Crippen LogP contribution >= 0.6 is 11.6 Å². The third-order valence-electron chi connectivity index (χ3n) is 3.19. The molecule has 2 rings (SSSR count). The zero-order valence-corrected chi connectivity index (χ0v) is 9.42. The van der Waals surface area contributed by atoms with E-state index in [0.29, 0.717) is 5.02 Å². The van der Waals surface area contributed by atoms with Gasteiger partial charge < -0.3 is 0 Å². The molecule has 82 valence electrons. The van der Waals surface area contributed by atoms with Crippen LogP contribution in [-0.2, 0) is 10.2 Å². The van der Waals surface area contributed by atoms with E-state index in [1.165, 1.54) is 0 Å². The van der Waals surface area contributed by atoms with E-state index in [9.17, 15) is 4.79 Å². The first-order valence-electron chi connectivity index (χ1n) is 5.15. The molecule has 1 amide bonds. The highest BCUT2D eigenvalue weighted by Gasteiger charge is 2.45. The zero-order valence-electron chi connectivity index (χ0n) is 8.66. The monoisotopic (exact) mass is 234 g/mol. The first-order valence-corrected chi connectivity index (χ1v) is 5.52. The van der Waals surface area contributed by atoms with Crippen LogP contribution in [0.2, 0.25) is 5.02 Å². The Kier molecular flexibility index (Phi) is 2.84. The Balaban J connectivity index is 2.35. The van der Waals surface area contributed by atoms with Gasteiger partial charge in [0.2, 0.25) is 5.91 Å². The van der Waals surface area contributed by atoms with Crippen LogP contribution in [0.15, 0.2) is 24.3 Å². The number of nitrogens with one attached hydrogen (secondary N) is 1. The van der Waals surface area contributed by atoms with Crippen molar-refractivity contribution in [1.29, 1.82) is 5.26 Å². The molecule has 0 saturated heterocycles. The number of nitrogens with zero attached hydrogens (tertiary/aromatic N) is 1. The first-order chi connectivity index (χ1) is 7.69. The maximum absolute atomic E-state index is 11.9. The summed E-state index contributed by atoms with van der Waals surface area (Å²) in [5.41, 5.74) is 0.361. The molecule has 0 unspecified atom stereocenters. The maximum Gasteiger partial charge on any atom is 0.243 e. The second-order valence-electron chi connectivity index (χ2n) is 4.01. The lowest BCUT2D eigenvalue weighted by Gasteiger charge is -2.39. The van der Waals surface area contributed by atoms with Gasteiger partial charge in [0.15, 0.2) is 6.19 Å².